The third-order valence-electron chi connectivity index (χ3n) is 4.76. The molecule has 1 aromatic rings. The number of ether oxygens (including phenoxy) is 1. The molecule has 0 unspecified atom stereocenters. The van der Waals surface area contributed by atoms with E-state index in [1.165, 1.54) is 22.7 Å². The van der Waals surface area contributed by atoms with Gasteiger partial charge in [-0.2, -0.15) is 0 Å². The second-order valence-corrected chi connectivity index (χ2v) is 8.51. The number of nitrogens with one attached hydrogen (secondary N) is 1. The van der Waals surface area contributed by atoms with Gasteiger partial charge in [-0.1, -0.05) is 27.7 Å². The number of hydrogen-bond donors (Lipinski definition) is 1. The maximum Gasteiger partial charge on any atom is 0.125 e. The van der Waals surface area contributed by atoms with Crippen molar-refractivity contribution < 1.29 is 4.74 Å². The van der Waals surface area contributed by atoms with Crippen molar-refractivity contribution in [3.8, 4) is 0 Å². The topological polar surface area (TPSA) is 34.1 Å². The first kappa shape index (κ1) is 16.9. The van der Waals surface area contributed by atoms with Crippen molar-refractivity contribution in [2.45, 2.75) is 78.5 Å². The number of thiazole rings is 1. The molecule has 2 rings (SSSR count). The average Bonchev–Trinajstić information content (AvgIpc) is 2.79. The van der Waals surface area contributed by atoms with Gasteiger partial charge in [0.2, 0.25) is 0 Å². The van der Waals surface area contributed by atoms with E-state index >= 15 is 0 Å². The molecule has 3 nitrogen and oxygen atoms in total. The molecule has 0 amide bonds. The minimum Gasteiger partial charge on any atom is -0.371 e. The molecule has 1 fully saturated rings. The van der Waals surface area contributed by atoms with Crippen molar-refractivity contribution in [2.24, 2.45) is 5.41 Å². The zero-order valence-corrected chi connectivity index (χ0v) is 15.2. The Kier molecular flexibility index (Phi) is 5.11. The van der Waals surface area contributed by atoms with Crippen LogP contribution in [0.25, 0.3) is 0 Å². The molecule has 0 bridgehead atoms. The predicted octanol–water partition coefficient (Wildman–Crippen LogP) is 4.39. The Morgan fingerprint density at radius 2 is 1.86 bits per heavy atom. The van der Waals surface area contributed by atoms with Gasteiger partial charge in [-0.3, -0.25) is 0 Å². The molecular formula is C17H30N2OS. The van der Waals surface area contributed by atoms with Crippen LogP contribution in [0.15, 0.2) is 0 Å². The van der Waals surface area contributed by atoms with Crippen LogP contribution in [-0.2, 0) is 16.9 Å². The van der Waals surface area contributed by atoms with E-state index in [1.54, 1.807) is 0 Å². The fourth-order valence-electron chi connectivity index (χ4n) is 2.92. The first-order chi connectivity index (χ1) is 9.78. The zero-order valence-electron chi connectivity index (χ0n) is 14.4. The highest BCUT2D eigenvalue weighted by Crippen LogP contribution is 2.48. The molecule has 1 aliphatic carbocycles. The highest BCUT2D eigenvalue weighted by Gasteiger charge is 2.42. The third-order valence-corrected chi connectivity index (χ3v) is 6.10. The summed E-state index contributed by atoms with van der Waals surface area (Å²) in [5.74, 6) is 0. The van der Waals surface area contributed by atoms with Crippen molar-refractivity contribution in [2.75, 3.05) is 7.11 Å². The van der Waals surface area contributed by atoms with E-state index in [0.717, 1.165) is 25.1 Å². The molecule has 21 heavy (non-hydrogen) atoms. The van der Waals surface area contributed by atoms with E-state index in [4.69, 9.17) is 9.72 Å². The van der Waals surface area contributed by atoms with Gasteiger partial charge in [0, 0.05) is 24.6 Å². The molecule has 0 atom stereocenters. The van der Waals surface area contributed by atoms with Gasteiger partial charge in [-0.15, -0.1) is 11.3 Å². The summed E-state index contributed by atoms with van der Waals surface area (Å²) in [5.41, 5.74) is 1.45. The van der Waals surface area contributed by atoms with Crippen LogP contribution in [0.5, 0.6) is 0 Å². The Morgan fingerprint density at radius 1 is 1.24 bits per heavy atom. The lowest BCUT2D eigenvalue weighted by molar-refractivity contribution is -0.0668. The van der Waals surface area contributed by atoms with Crippen molar-refractivity contribution in [1.82, 2.24) is 10.3 Å². The van der Waals surface area contributed by atoms with Crippen molar-refractivity contribution in [1.29, 1.82) is 0 Å². The Morgan fingerprint density at radius 3 is 2.38 bits per heavy atom. The smallest absolute Gasteiger partial charge is 0.125 e. The van der Waals surface area contributed by atoms with Crippen LogP contribution in [0, 0.1) is 12.3 Å². The van der Waals surface area contributed by atoms with Crippen LogP contribution in [0.4, 0.5) is 0 Å². The molecule has 1 N–H and O–H groups in total. The Bertz CT molecular complexity index is 469. The first-order valence-electron chi connectivity index (χ1n) is 8.03. The quantitative estimate of drug-likeness (QED) is 0.875. The van der Waals surface area contributed by atoms with Crippen LogP contribution in [0.3, 0.4) is 0 Å². The number of hydrogen-bond acceptors (Lipinski definition) is 4. The zero-order chi connectivity index (χ0) is 15.7. The molecule has 0 spiro atoms. The van der Waals surface area contributed by atoms with E-state index in [2.05, 4.69) is 39.9 Å². The van der Waals surface area contributed by atoms with E-state index in [-0.39, 0.29) is 5.60 Å². The predicted molar refractivity (Wildman–Crippen MR) is 89.8 cm³/mol. The molecule has 120 valence electrons. The van der Waals surface area contributed by atoms with Crippen molar-refractivity contribution in [3.63, 3.8) is 0 Å². The molecule has 1 aliphatic rings. The van der Waals surface area contributed by atoms with Gasteiger partial charge in [0.15, 0.2) is 0 Å². The van der Waals surface area contributed by atoms with Crippen LogP contribution in [0.2, 0.25) is 0 Å². The van der Waals surface area contributed by atoms with Gasteiger partial charge in [0.1, 0.15) is 10.6 Å². The summed E-state index contributed by atoms with van der Waals surface area (Å²) in [4.78, 5) is 6.20. The van der Waals surface area contributed by atoms with Crippen LogP contribution in [-0.4, -0.2) is 18.1 Å². The van der Waals surface area contributed by atoms with Crippen molar-refractivity contribution >= 4 is 11.3 Å². The van der Waals surface area contributed by atoms with E-state index < -0.39 is 0 Å². The summed E-state index contributed by atoms with van der Waals surface area (Å²) in [6, 6.07) is 0.502. The molecular weight excluding hydrogens is 280 g/mol. The largest absolute Gasteiger partial charge is 0.371 e. The molecule has 1 aromatic heterocycles. The number of nitrogens with zero attached hydrogens (tertiary/aromatic N) is 1. The standard InChI is InChI=1S/C17H30N2OS/c1-12(2)18-11-14-13(3)19-15(21-14)17(20-6)9-7-16(4,5)8-10-17/h12,18H,7-11H2,1-6H3. The van der Waals surface area contributed by atoms with E-state index in [9.17, 15) is 0 Å². The minimum atomic E-state index is -0.152. The maximum absolute atomic E-state index is 5.98. The molecule has 0 aromatic carbocycles. The van der Waals surface area contributed by atoms with Crippen molar-refractivity contribution in [3.05, 3.63) is 15.6 Å². The van der Waals surface area contributed by atoms with Gasteiger partial charge in [0.05, 0.1) is 5.69 Å². The summed E-state index contributed by atoms with van der Waals surface area (Å²) in [6.45, 7) is 12.1. The van der Waals surface area contributed by atoms with Crippen LogP contribution < -0.4 is 5.32 Å². The summed E-state index contributed by atoms with van der Waals surface area (Å²) < 4.78 is 5.98. The highest BCUT2D eigenvalue weighted by atomic mass is 32.1. The fraction of sp³-hybridized carbons (Fsp3) is 0.824. The van der Waals surface area contributed by atoms with E-state index in [1.807, 2.05) is 18.4 Å². The minimum absolute atomic E-state index is 0.152. The Hall–Kier alpha value is -0.450. The molecule has 0 radical (unpaired) electrons. The average molecular weight is 311 g/mol. The van der Waals surface area contributed by atoms with Crippen LogP contribution in [0.1, 0.15) is 69.0 Å². The summed E-state index contributed by atoms with van der Waals surface area (Å²) >= 11 is 1.83. The van der Waals surface area contributed by atoms with Gasteiger partial charge < -0.3 is 10.1 Å². The molecule has 0 aliphatic heterocycles. The summed E-state index contributed by atoms with van der Waals surface area (Å²) in [5, 5.41) is 4.67. The lowest BCUT2D eigenvalue weighted by Crippen LogP contribution is -2.36. The second-order valence-electron chi connectivity index (χ2n) is 7.43. The van der Waals surface area contributed by atoms with Gasteiger partial charge in [0.25, 0.3) is 0 Å². The van der Waals surface area contributed by atoms with E-state index in [0.29, 0.717) is 11.5 Å². The third kappa shape index (κ3) is 3.85. The SMILES string of the molecule is COC1(c2nc(C)c(CNC(C)C)s2)CCC(C)(C)CC1. The van der Waals surface area contributed by atoms with Gasteiger partial charge >= 0.3 is 0 Å². The second kappa shape index (κ2) is 6.35. The number of aryl methyl sites for hydroxylation is 1. The monoisotopic (exact) mass is 310 g/mol. The Balaban J connectivity index is 2.18. The highest BCUT2D eigenvalue weighted by molar-refractivity contribution is 7.11. The first-order valence-corrected chi connectivity index (χ1v) is 8.85. The molecule has 4 heteroatoms. The molecule has 1 saturated carbocycles. The maximum atomic E-state index is 5.98. The van der Waals surface area contributed by atoms with Gasteiger partial charge in [-0.05, 0) is 38.0 Å². The normalized spacial score (nSPS) is 20.9. The summed E-state index contributed by atoms with van der Waals surface area (Å²) in [6.07, 6.45) is 4.58. The number of methoxy groups -OCH3 is 1. The Labute approximate surface area is 133 Å². The number of aromatic nitrogens is 1. The van der Waals surface area contributed by atoms with Gasteiger partial charge in [-0.25, -0.2) is 4.98 Å². The summed E-state index contributed by atoms with van der Waals surface area (Å²) in [7, 11) is 1.85. The lowest BCUT2D eigenvalue weighted by Gasteiger charge is -2.41. The lowest BCUT2D eigenvalue weighted by atomic mass is 9.71. The fourth-order valence-corrected chi connectivity index (χ4v) is 4.16. The number of rotatable bonds is 5. The molecule has 1 heterocycles. The molecule has 0 saturated heterocycles. The van der Waals surface area contributed by atoms with Crippen LogP contribution >= 0.6 is 11.3 Å².